The van der Waals surface area contributed by atoms with Crippen molar-refractivity contribution in [3.8, 4) is 0 Å². The van der Waals surface area contributed by atoms with Crippen molar-refractivity contribution in [3.63, 3.8) is 0 Å². The second-order valence-electron chi connectivity index (χ2n) is 6.08. The molecule has 1 unspecified atom stereocenters. The minimum atomic E-state index is -0.292. The van der Waals surface area contributed by atoms with Gasteiger partial charge in [0, 0.05) is 31.1 Å². The molecular formula is C19H20ClN3O2. The third-order valence-corrected chi connectivity index (χ3v) is 4.53. The molecule has 2 N–H and O–H groups in total. The van der Waals surface area contributed by atoms with E-state index in [0.29, 0.717) is 31.1 Å². The Kier molecular flexibility index (Phi) is 5.56. The fourth-order valence-electron chi connectivity index (χ4n) is 2.88. The zero-order valence-electron chi connectivity index (χ0n) is 13.7. The van der Waals surface area contributed by atoms with Crippen molar-refractivity contribution < 1.29 is 9.59 Å². The first-order chi connectivity index (χ1) is 12.1. The summed E-state index contributed by atoms with van der Waals surface area (Å²) in [4.78, 5) is 26.0. The third-order valence-electron chi connectivity index (χ3n) is 4.16. The number of amides is 3. The van der Waals surface area contributed by atoms with Crippen LogP contribution in [0.5, 0.6) is 0 Å². The van der Waals surface area contributed by atoms with E-state index in [1.54, 1.807) is 11.0 Å². The van der Waals surface area contributed by atoms with Gasteiger partial charge in [0.2, 0.25) is 5.91 Å². The fraction of sp³-hybridized carbons (Fsp3) is 0.263. The van der Waals surface area contributed by atoms with Crippen molar-refractivity contribution in [3.05, 3.63) is 70.7 Å². The number of hydrogen-bond acceptors (Lipinski definition) is 2. The van der Waals surface area contributed by atoms with Crippen LogP contribution in [0.1, 0.15) is 17.5 Å². The van der Waals surface area contributed by atoms with Crippen LogP contribution in [-0.4, -0.2) is 29.4 Å². The SMILES string of the molecule is O=C(NCc1ccccc1Cl)NC1CC(=O)N(Cc2ccccc2)C1. The van der Waals surface area contributed by atoms with Gasteiger partial charge in [0.15, 0.2) is 0 Å². The minimum Gasteiger partial charge on any atom is -0.336 e. The molecule has 0 aliphatic carbocycles. The van der Waals surface area contributed by atoms with Gasteiger partial charge in [-0.1, -0.05) is 60.1 Å². The first-order valence-electron chi connectivity index (χ1n) is 8.21. The Balaban J connectivity index is 1.48. The average molecular weight is 358 g/mol. The lowest BCUT2D eigenvalue weighted by Crippen LogP contribution is -2.43. The summed E-state index contributed by atoms with van der Waals surface area (Å²) in [6, 6.07) is 16.7. The van der Waals surface area contributed by atoms with Crippen LogP contribution in [0.25, 0.3) is 0 Å². The second-order valence-corrected chi connectivity index (χ2v) is 6.49. The molecule has 0 radical (unpaired) electrons. The van der Waals surface area contributed by atoms with Crippen LogP contribution in [-0.2, 0) is 17.9 Å². The van der Waals surface area contributed by atoms with Gasteiger partial charge in [-0.2, -0.15) is 0 Å². The van der Waals surface area contributed by atoms with Crippen molar-refractivity contribution in [2.24, 2.45) is 0 Å². The molecule has 1 atom stereocenters. The molecule has 1 aliphatic heterocycles. The molecule has 130 valence electrons. The summed E-state index contributed by atoms with van der Waals surface area (Å²) in [6.07, 6.45) is 0.326. The van der Waals surface area contributed by atoms with E-state index in [1.165, 1.54) is 0 Å². The molecule has 6 heteroatoms. The predicted octanol–water partition coefficient (Wildman–Crippen LogP) is 2.94. The molecule has 25 heavy (non-hydrogen) atoms. The Morgan fingerprint density at radius 1 is 1.12 bits per heavy atom. The van der Waals surface area contributed by atoms with Gasteiger partial charge < -0.3 is 15.5 Å². The average Bonchev–Trinajstić information content (AvgIpc) is 2.94. The van der Waals surface area contributed by atoms with E-state index >= 15 is 0 Å². The third kappa shape index (κ3) is 4.73. The smallest absolute Gasteiger partial charge is 0.315 e. The standard InChI is InChI=1S/C19H20ClN3O2/c20-17-9-5-4-8-15(17)11-21-19(25)22-16-10-18(24)23(13-16)12-14-6-2-1-3-7-14/h1-9,16H,10-13H2,(H2,21,22,25). The van der Waals surface area contributed by atoms with Gasteiger partial charge in [-0.3, -0.25) is 4.79 Å². The number of urea groups is 1. The number of carbonyl (C=O) groups is 2. The summed E-state index contributed by atoms with van der Waals surface area (Å²) in [6.45, 7) is 1.44. The predicted molar refractivity (Wildman–Crippen MR) is 97.1 cm³/mol. The van der Waals surface area contributed by atoms with Crippen molar-refractivity contribution in [1.82, 2.24) is 15.5 Å². The quantitative estimate of drug-likeness (QED) is 0.864. The number of hydrogen-bond donors (Lipinski definition) is 2. The van der Waals surface area contributed by atoms with E-state index in [1.807, 2.05) is 48.5 Å². The molecule has 0 spiro atoms. The van der Waals surface area contributed by atoms with Gasteiger partial charge in [0.25, 0.3) is 0 Å². The molecule has 5 nitrogen and oxygen atoms in total. The first kappa shape index (κ1) is 17.3. The highest BCUT2D eigenvalue weighted by Crippen LogP contribution is 2.16. The zero-order chi connectivity index (χ0) is 17.6. The van der Waals surface area contributed by atoms with Crippen LogP contribution in [0.15, 0.2) is 54.6 Å². The number of halogens is 1. The van der Waals surface area contributed by atoms with E-state index in [4.69, 9.17) is 11.6 Å². The van der Waals surface area contributed by atoms with E-state index in [0.717, 1.165) is 11.1 Å². The molecule has 0 saturated carbocycles. The van der Waals surface area contributed by atoms with Crippen LogP contribution >= 0.6 is 11.6 Å². The van der Waals surface area contributed by atoms with Crippen molar-refractivity contribution in [2.75, 3.05) is 6.54 Å². The van der Waals surface area contributed by atoms with E-state index in [-0.39, 0.29) is 18.0 Å². The molecule has 2 aromatic carbocycles. The highest BCUT2D eigenvalue weighted by molar-refractivity contribution is 6.31. The van der Waals surface area contributed by atoms with Crippen LogP contribution in [0.3, 0.4) is 0 Å². The maximum absolute atomic E-state index is 12.1. The van der Waals surface area contributed by atoms with Gasteiger partial charge in [-0.05, 0) is 17.2 Å². The van der Waals surface area contributed by atoms with Crippen molar-refractivity contribution in [1.29, 1.82) is 0 Å². The molecule has 1 aliphatic rings. The van der Waals surface area contributed by atoms with Gasteiger partial charge in [-0.15, -0.1) is 0 Å². The highest BCUT2D eigenvalue weighted by Gasteiger charge is 2.30. The number of benzene rings is 2. The van der Waals surface area contributed by atoms with E-state index in [9.17, 15) is 9.59 Å². The van der Waals surface area contributed by atoms with Gasteiger partial charge in [0.1, 0.15) is 0 Å². The maximum Gasteiger partial charge on any atom is 0.315 e. The summed E-state index contributed by atoms with van der Waals surface area (Å²) in [5, 5.41) is 6.26. The number of nitrogens with one attached hydrogen (secondary N) is 2. The normalized spacial score (nSPS) is 16.8. The summed E-state index contributed by atoms with van der Waals surface area (Å²) >= 11 is 6.07. The summed E-state index contributed by atoms with van der Waals surface area (Å²) in [5.41, 5.74) is 1.94. The number of likely N-dealkylation sites (tertiary alicyclic amines) is 1. The Labute approximate surface area is 152 Å². The first-order valence-corrected chi connectivity index (χ1v) is 8.59. The monoisotopic (exact) mass is 357 g/mol. The number of carbonyl (C=O) groups excluding carboxylic acids is 2. The van der Waals surface area contributed by atoms with Gasteiger partial charge in [0.05, 0.1) is 6.04 Å². The maximum atomic E-state index is 12.1. The molecule has 1 heterocycles. The Hall–Kier alpha value is -2.53. The topological polar surface area (TPSA) is 61.4 Å². The molecule has 2 aromatic rings. The number of nitrogens with zero attached hydrogens (tertiary/aromatic N) is 1. The van der Waals surface area contributed by atoms with Gasteiger partial charge in [-0.25, -0.2) is 4.79 Å². The second kappa shape index (κ2) is 8.03. The zero-order valence-corrected chi connectivity index (χ0v) is 14.5. The van der Waals surface area contributed by atoms with Crippen molar-refractivity contribution in [2.45, 2.75) is 25.6 Å². The summed E-state index contributed by atoms with van der Waals surface area (Å²) < 4.78 is 0. The molecule has 1 saturated heterocycles. The summed E-state index contributed by atoms with van der Waals surface area (Å²) in [7, 11) is 0. The van der Waals surface area contributed by atoms with E-state index < -0.39 is 0 Å². The molecule has 3 rings (SSSR count). The lowest BCUT2D eigenvalue weighted by atomic mass is 10.2. The van der Waals surface area contributed by atoms with Crippen LogP contribution < -0.4 is 10.6 Å². The van der Waals surface area contributed by atoms with Crippen LogP contribution in [0.4, 0.5) is 4.79 Å². The Morgan fingerprint density at radius 3 is 2.60 bits per heavy atom. The molecule has 3 amide bonds. The lowest BCUT2D eigenvalue weighted by Gasteiger charge is -2.17. The highest BCUT2D eigenvalue weighted by atomic mass is 35.5. The molecular weight excluding hydrogens is 338 g/mol. The Bertz CT molecular complexity index is 751. The van der Waals surface area contributed by atoms with Crippen molar-refractivity contribution >= 4 is 23.5 Å². The largest absolute Gasteiger partial charge is 0.336 e. The molecule has 0 aromatic heterocycles. The molecule has 0 bridgehead atoms. The number of rotatable bonds is 5. The fourth-order valence-corrected chi connectivity index (χ4v) is 3.08. The molecule has 1 fully saturated rings. The lowest BCUT2D eigenvalue weighted by molar-refractivity contribution is -0.128. The van der Waals surface area contributed by atoms with E-state index in [2.05, 4.69) is 10.6 Å². The van der Waals surface area contributed by atoms with Crippen LogP contribution in [0.2, 0.25) is 5.02 Å². The van der Waals surface area contributed by atoms with Gasteiger partial charge >= 0.3 is 6.03 Å². The minimum absolute atomic E-state index is 0.0558. The summed E-state index contributed by atoms with van der Waals surface area (Å²) in [5.74, 6) is 0.0558. The van der Waals surface area contributed by atoms with Crippen LogP contribution in [0, 0.1) is 0 Å². The Morgan fingerprint density at radius 2 is 1.84 bits per heavy atom.